The van der Waals surface area contributed by atoms with Crippen LogP contribution in [0.5, 0.6) is 0 Å². The Morgan fingerprint density at radius 1 is 0.667 bits per heavy atom. The van der Waals surface area contributed by atoms with Crippen molar-refractivity contribution in [1.82, 2.24) is 0 Å². The molecule has 0 spiro atoms. The molecule has 0 unspecified atom stereocenters. The molecule has 0 aliphatic heterocycles. The Kier molecular flexibility index (Phi) is 6.77. The van der Waals surface area contributed by atoms with Crippen molar-refractivity contribution in [3.63, 3.8) is 0 Å². The molecule has 0 saturated heterocycles. The molecular formula is C11H15BrO9. The molecule has 0 aliphatic rings. The highest BCUT2D eigenvalue weighted by Gasteiger charge is 2.73. The summed E-state index contributed by atoms with van der Waals surface area (Å²) in [5, 5.41) is 0. The Labute approximate surface area is 128 Å². The lowest BCUT2D eigenvalue weighted by Gasteiger charge is -2.36. The molecule has 10 heteroatoms. The van der Waals surface area contributed by atoms with Gasteiger partial charge in [0.1, 0.15) is 0 Å². The van der Waals surface area contributed by atoms with Crippen LogP contribution in [-0.4, -0.2) is 69.4 Å². The number of hydrogen-bond acceptors (Lipinski definition) is 9. The molecule has 0 aromatic heterocycles. The summed E-state index contributed by atoms with van der Waals surface area (Å²) in [6.07, 6.45) is 0. The van der Waals surface area contributed by atoms with Gasteiger partial charge < -0.3 is 23.7 Å². The first-order chi connectivity index (χ1) is 9.74. The van der Waals surface area contributed by atoms with Gasteiger partial charge >= 0.3 is 23.9 Å². The SMILES string of the molecule is COC(=O)C(Br)(C(=O)OC)C(OC)(C(=O)OC)C(=O)OC. The fraction of sp³-hybridized carbons (Fsp3) is 0.636. The van der Waals surface area contributed by atoms with Crippen LogP contribution in [0.4, 0.5) is 0 Å². The number of carbonyl (C=O) groups is 4. The quantitative estimate of drug-likeness (QED) is 0.256. The minimum absolute atomic E-state index is 0.912. The monoisotopic (exact) mass is 370 g/mol. The Hall–Kier alpha value is -1.68. The molecule has 0 amide bonds. The lowest BCUT2D eigenvalue weighted by Crippen LogP contribution is -2.70. The van der Waals surface area contributed by atoms with Crippen molar-refractivity contribution in [3.8, 4) is 0 Å². The fourth-order valence-electron chi connectivity index (χ4n) is 1.61. The molecule has 0 aromatic carbocycles. The standard InChI is InChI=1S/C11H15BrO9/c1-17-6(13)10(12,7(14)18-2)11(21-5,8(15)19-3)9(16)20-4/h1-5H3. The Bertz CT molecular complexity index is 413. The van der Waals surface area contributed by atoms with Gasteiger partial charge in [0, 0.05) is 7.11 Å². The Balaban J connectivity index is 6.55. The molecular weight excluding hydrogens is 356 g/mol. The van der Waals surface area contributed by atoms with Gasteiger partial charge in [-0.2, -0.15) is 0 Å². The number of alkyl halides is 1. The summed E-state index contributed by atoms with van der Waals surface area (Å²) in [6.45, 7) is 0. The third-order valence-electron chi connectivity index (χ3n) is 2.67. The predicted octanol–water partition coefficient (Wildman–Crippen LogP) is -0.803. The van der Waals surface area contributed by atoms with Gasteiger partial charge in [0.25, 0.3) is 9.93 Å². The number of rotatable bonds is 6. The largest absolute Gasteiger partial charge is 0.467 e. The van der Waals surface area contributed by atoms with E-state index >= 15 is 0 Å². The summed E-state index contributed by atoms with van der Waals surface area (Å²) in [7, 11) is 4.66. The molecule has 0 aliphatic carbocycles. The van der Waals surface area contributed by atoms with Gasteiger partial charge in [-0.05, 0) is 0 Å². The molecule has 0 saturated carbocycles. The second-order valence-corrected chi connectivity index (χ2v) is 4.70. The predicted molar refractivity (Wildman–Crippen MR) is 69.5 cm³/mol. The lowest BCUT2D eigenvalue weighted by molar-refractivity contribution is -0.198. The van der Waals surface area contributed by atoms with Crippen molar-refractivity contribution in [3.05, 3.63) is 0 Å². The summed E-state index contributed by atoms with van der Waals surface area (Å²) >= 11 is 2.73. The van der Waals surface area contributed by atoms with Crippen LogP contribution in [0.2, 0.25) is 0 Å². The zero-order chi connectivity index (χ0) is 16.8. The first-order valence-electron chi connectivity index (χ1n) is 5.32. The number of halogens is 1. The number of esters is 4. The van der Waals surface area contributed by atoms with Crippen molar-refractivity contribution in [2.45, 2.75) is 9.93 Å². The van der Waals surface area contributed by atoms with Gasteiger partial charge in [-0.25, -0.2) is 19.2 Å². The van der Waals surface area contributed by atoms with Crippen LogP contribution in [0, 0.1) is 0 Å². The van der Waals surface area contributed by atoms with E-state index in [9.17, 15) is 19.2 Å². The maximum absolute atomic E-state index is 12.1. The van der Waals surface area contributed by atoms with E-state index in [1.54, 1.807) is 0 Å². The van der Waals surface area contributed by atoms with Gasteiger partial charge in [0.15, 0.2) is 0 Å². The summed E-state index contributed by atoms with van der Waals surface area (Å²) in [5.74, 6) is -5.34. The van der Waals surface area contributed by atoms with Gasteiger partial charge in [-0.3, -0.25) is 0 Å². The third kappa shape index (κ3) is 2.72. The maximum Gasteiger partial charge on any atom is 0.352 e. The second-order valence-electron chi connectivity index (χ2n) is 3.51. The highest BCUT2D eigenvalue weighted by molar-refractivity contribution is 9.10. The van der Waals surface area contributed by atoms with Crippen LogP contribution in [-0.2, 0) is 42.9 Å². The molecule has 0 rings (SSSR count). The molecule has 0 fully saturated rings. The Morgan fingerprint density at radius 2 is 0.952 bits per heavy atom. The van der Waals surface area contributed by atoms with E-state index in [4.69, 9.17) is 4.74 Å². The first-order valence-corrected chi connectivity index (χ1v) is 6.11. The van der Waals surface area contributed by atoms with Crippen LogP contribution >= 0.6 is 15.9 Å². The van der Waals surface area contributed by atoms with Gasteiger partial charge in [-0.1, -0.05) is 15.9 Å². The lowest BCUT2D eigenvalue weighted by atomic mass is 9.86. The number of methoxy groups -OCH3 is 5. The van der Waals surface area contributed by atoms with Crippen molar-refractivity contribution in [2.24, 2.45) is 0 Å². The summed E-state index contributed by atoms with van der Waals surface area (Å²) in [6, 6.07) is 0. The zero-order valence-electron chi connectivity index (χ0n) is 12.1. The van der Waals surface area contributed by atoms with Crippen LogP contribution in [0.25, 0.3) is 0 Å². The second kappa shape index (κ2) is 7.36. The topological polar surface area (TPSA) is 114 Å². The molecule has 21 heavy (non-hydrogen) atoms. The summed E-state index contributed by atoms with van der Waals surface area (Å²) < 4.78 is 20.0. The molecule has 0 aromatic rings. The van der Waals surface area contributed by atoms with Crippen LogP contribution in [0.1, 0.15) is 0 Å². The van der Waals surface area contributed by atoms with Crippen molar-refractivity contribution in [2.75, 3.05) is 35.5 Å². The zero-order valence-corrected chi connectivity index (χ0v) is 13.6. The first kappa shape index (κ1) is 19.3. The normalized spacial score (nSPS) is 11.3. The highest BCUT2D eigenvalue weighted by Crippen LogP contribution is 2.39. The average molecular weight is 371 g/mol. The molecule has 120 valence electrons. The molecule has 0 bridgehead atoms. The smallest absolute Gasteiger partial charge is 0.352 e. The minimum Gasteiger partial charge on any atom is -0.467 e. The van der Waals surface area contributed by atoms with Crippen molar-refractivity contribution >= 4 is 39.8 Å². The Morgan fingerprint density at radius 3 is 1.14 bits per heavy atom. The van der Waals surface area contributed by atoms with Gasteiger partial charge in [-0.15, -0.1) is 0 Å². The van der Waals surface area contributed by atoms with Gasteiger partial charge in [0.2, 0.25) is 0 Å². The van der Waals surface area contributed by atoms with E-state index in [0.29, 0.717) is 0 Å². The number of hydrogen-bond donors (Lipinski definition) is 0. The van der Waals surface area contributed by atoms with E-state index in [2.05, 4.69) is 34.9 Å². The average Bonchev–Trinajstić information content (AvgIpc) is 2.52. The molecule has 0 N–H and O–H groups in total. The van der Waals surface area contributed by atoms with E-state index in [1.807, 2.05) is 0 Å². The molecule has 0 radical (unpaired) electrons. The van der Waals surface area contributed by atoms with E-state index in [1.165, 1.54) is 0 Å². The van der Waals surface area contributed by atoms with E-state index in [-0.39, 0.29) is 0 Å². The third-order valence-corrected chi connectivity index (χ3v) is 3.88. The van der Waals surface area contributed by atoms with Crippen molar-refractivity contribution < 1.29 is 42.9 Å². The fourth-order valence-corrected chi connectivity index (χ4v) is 2.42. The minimum atomic E-state index is -2.79. The van der Waals surface area contributed by atoms with Crippen molar-refractivity contribution in [1.29, 1.82) is 0 Å². The molecule has 0 heterocycles. The van der Waals surface area contributed by atoms with E-state index < -0.39 is 33.8 Å². The van der Waals surface area contributed by atoms with Crippen LogP contribution < -0.4 is 0 Å². The molecule has 9 nitrogen and oxygen atoms in total. The molecule has 0 atom stereocenters. The van der Waals surface area contributed by atoms with Gasteiger partial charge in [0.05, 0.1) is 28.4 Å². The summed E-state index contributed by atoms with van der Waals surface area (Å²) in [4.78, 5) is 48.1. The van der Waals surface area contributed by atoms with Crippen LogP contribution in [0.15, 0.2) is 0 Å². The van der Waals surface area contributed by atoms with E-state index in [0.717, 1.165) is 35.5 Å². The summed E-state index contributed by atoms with van der Waals surface area (Å²) in [5.41, 5.74) is -2.79. The van der Waals surface area contributed by atoms with Crippen LogP contribution in [0.3, 0.4) is 0 Å². The highest BCUT2D eigenvalue weighted by atomic mass is 79.9. The number of carbonyl (C=O) groups excluding carboxylic acids is 4. The maximum atomic E-state index is 12.1. The number of ether oxygens (including phenoxy) is 5.